The number of hydrogen-bond donors (Lipinski definition) is 0. The topological polar surface area (TPSA) is 25.4 Å². The van der Waals surface area contributed by atoms with E-state index in [2.05, 4.69) is 41.1 Å². The second-order valence-electron chi connectivity index (χ2n) is 7.11. The largest absolute Gasteiger partial charge is 0.481 e. The number of benzene rings is 1. The normalized spacial score (nSPS) is 20.8. The van der Waals surface area contributed by atoms with Crippen LogP contribution in [0, 0.1) is 6.92 Å². The van der Waals surface area contributed by atoms with Crippen molar-refractivity contribution in [2.24, 2.45) is 0 Å². The summed E-state index contributed by atoms with van der Waals surface area (Å²) in [4.78, 5) is 7.22. The summed E-state index contributed by atoms with van der Waals surface area (Å²) in [7, 11) is 1.66. The molecule has 2 heterocycles. The van der Waals surface area contributed by atoms with E-state index >= 15 is 0 Å². The molecule has 1 atom stereocenters. The van der Waals surface area contributed by atoms with Gasteiger partial charge in [-0.25, -0.2) is 4.98 Å². The fraction of sp³-hybridized carbons (Fsp3) is 0.476. The van der Waals surface area contributed by atoms with E-state index in [4.69, 9.17) is 4.74 Å². The summed E-state index contributed by atoms with van der Waals surface area (Å²) < 4.78 is 5.22. The summed E-state index contributed by atoms with van der Waals surface area (Å²) in [6.45, 7) is 4.66. The van der Waals surface area contributed by atoms with Gasteiger partial charge in [0, 0.05) is 23.4 Å². The highest BCUT2D eigenvalue weighted by Crippen LogP contribution is 2.31. The van der Waals surface area contributed by atoms with Gasteiger partial charge in [-0.1, -0.05) is 18.2 Å². The van der Waals surface area contributed by atoms with Gasteiger partial charge in [0.05, 0.1) is 7.11 Å². The third-order valence-electron chi connectivity index (χ3n) is 5.65. The Hall–Kier alpha value is -1.87. The molecule has 2 aliphatic rings. The summed E-state index contributed by atoms with van der Waals surface area (Å²) in [6.07, 6.45) is 6.48. The molecular formula is C21H26N2O. The van der Waals surface area contributed by atoms with Crippen LogP contribution in [-0.2, 0) is 12.8 Å². The second kappa shape index (κ2) is 6.56. The fourth-order valence-corrected chi connectivity index (χ4v) is 4.28. The van der Waals surface area contributed by atoms with E-state index in [-0.39, 0.29) is 0 Å². The van der Waals surface area contributed by atoms with Crippen molar-refractivity contribution in [2.45, 2.75) is 45.1 Å². The van der Waals surface area contributed by atoms with Gasteiger partial charge in [-0.3, -0.25) is 0 Å². The summed E-state index contributed by atoms with van der Waals surface area (Å²) >= 11 is 0. The first-order chi connectivity index (χ1) is 11.7. The van der Waals surface area contributed by atoms with Gasteiger partial charge in [-0.2, -0.15) is 0 Å². The molecule has 0 N–H and O–H groups in total. The Balaban J connectivity index is 1.58. The minimum absolute atomic E-state index is 0.683. The van der Waals surface area contributed by atoms with Crippen LogP contribution in [0.4, 0.5) is 0 Å². The molecule has 0 radical (unpaired) electrons. The van der Waals surface area contributed by atoms with Gasteiger partial charge in [0.15, 0.2) is 0 Å². The molecule has 2 aromatic rings. The number of aryl methyl sites for hydroxylation is 2. The number of ether oxygens (including phenoxy) is 1. The van der Waals surface area contributed by atoms with Crippen LogP contribution in [0.2, 0.25) is 0 Å². The van der Waals surface area contributed by atoms with Gasteiger partial charge in [-0.05, 0) is 74.9 Å². The summed E-state index contributed by atoms with van der Waals surface area (Å²) in [5.74, 6) is 0.683. The zero-order chi connectivity index (χ0) is 16.5. The van der Waals surface area contributed by atoms with Crippen LogP contribution >= 0.6 is 0 Å². The molecule has 3 heteroatoms. The van der Waals surface area contributed by atoms with Crippen LogP contribution in [0.3, 0.4) is 0 Å². The molecule has 0 saturated carbocycles. The van der Waals surface area contributed by atoms with Crippen LogP contribution in [0.1, 0.15) is 36.1 Å². The zero-order valence-electron chi connectivity index (χ0n) is 14.7. The highest BCUT2D eigenvalue weighted by Gasteiger charge is 2.26. The number of hydrogen-bond acceptors (Lipinski definition) is 3. The predicted molar refractivity (Wildman–Crippen MR) is 97.6 cm³/mol. The maximum Gasteiger partial charge on any atom is 0.213 e. The summed E-state index contributed by atoms with van der Waals surface area (Å²) in [5.41, 5.74) is 6.58. The van der Waals surface area contributed by atoms with Crippen LogP contribution in [-0.4, -0.2) is 36.1 Å². The van der Waals surface area contributed by atoms with E-state index in [1.807, 2.05) is 6.07 Å². The quantitative estimate of drug-likeness (QED) is 0.853. The van der Waals surface area contributed by atoms with Crippen molar-refractivity contribution in [1.29, 1.82) is 0 Å². The van der Waals surface area contributed by atoms with Gasteiger partial charge in [0.1, 0.15) is 0 Å². The van der Waals surface area contributed by atoms with Crippen molar-refractivity contribution in [2.75, 3.05) is 20.2 Å². The smallest absolute Gasteiger partial charge is 0.213 e. The first kappa shape index (κ1) is 15.6. The van der Waals surface area contributed by atoms with Gasteiger partial charge in [0.2, 0.25) is 5.88 Å². The third-order valence-corrected chi connectivity index (χ3v) is 5.65. The van der Waals surface area contributed by atoms with E-state index < -0.39 is 0 Å². The molecule has 1 aromatic carbocycles. The van der Waals surface area contributed by atoms with E-state index in [9.17, 15) is 0 Å². The number of likely N-dealkylation sites (tertiary alicyclic amines) is 1. The maximum atomic E-state index is 5.22. The molecule has 0 amide bonds. The number of rotatable bonds is 3. The van der Waals surface area contributed by atoms with Gasteiger partial charge in [-0.15, -0.1) is 0 Å². The number of pyridine rings is 1. The Morgan fingerprint density at radius 1 is 1.08 bits per heavy atom. The van der Waals surface area contributed by atoms with Gasteiger partial charge >= 0.3 is 0 Å². The third kappa shape index (κ3) is 2.93. The van der Waals surface area contributed by atoms with Crippen molar-refractivity contribution in [1.82, 2.24) is 9.88 Å². The summed E-state index contributed by atoms with van der Waals surface area (Å²) in [6, 6.07) is 11.8. The molecular weight excluding hydrogens is 296 g/mol. The molecule has 0 bridgehead atoms. The van der Waals surface area contributed by atoms with Crippen molar-refractivity contribution < 1.29 is 4.74 Å². The van der Waals surface area contributed by atoms with Gasteiger partial charge < -0.3 is 9.64 Å². The Morgan fingerprint density at radius 2 is 1.92 bits per heavy atom. The molecule has 1 unspecified atom stereocenters. The van der Waals surface area contributed by atoms with Crippen molar-refractivity contribution in [3.63, 3.8) is 0 Å². The standard InChI is InChI=1S/C21H26N2O/c1-15-20(9-10-21(22-15)24-2)18-6-5-17-14-19(8-7-16(17)13-18)23-11-3-4-12-23/h5-6,9-10,13,19H,3-4,7-8,11-12,14H2,1-2H3. The number of nitrogens with zero attached hydrogens (tertiary/aromatic N) is 2. The Bertz CT molecular complexity index is 735. The minimum Gasteiger partial charge on any atom is -0.481 e. The van der Waals surface area contributed by atoms with Crippen molar-refractivity contribution in [3.8, 4) is 17.0 Å². The highest BCUT2D eigenvalue weighted by molar-refractivity contribution is 5.67. The lowest BCUT2D eigenvalue weighted by atomic mass is 9.85. The average molecular weight is 322 g/mol. The summed E-state index contributed by atoms with van der Waals surface area (Å²) in [5, 5.41) is 0. The SMILES string of the molecule is COc1ccc(-c2ccc3c(c2)CCC(N2CCCC2)C3)c(C)n1. The molecule has 0 spiro atoms. The molecule has 126 valence electrons. The number of methoxy groups -OCH3 is 1. The molecule has 1 aliphatic carbocycles. The zero-order valence-corrected chi connectivity index (χ0v) is 14.7. The molecule has 24 heavy (non-hydrogen) atoms. The minimum atomic E-state index is 0.683. The van der Waals surface area contributed by atoms with Crippen LogP contribution in [0.5, 0.6) is 5.88 Å². The fourth-order valence-electron chi connectivity index (χ4n) is 4.28. The van der Waals surface area contributed by atoms with Crippen LogP contribution in [0.15, 0.2) is 30.3 Å². The highest BCUT2D eigenvalue weighted by atomic mass is 16.5. The first-order valence-electron chi connectivity index (χ1n) is 9.12. The van der Waals surface area contributed by atoms with Crippen molar-refractivity contribution in [3.05, 3.63) is 47.2 Å². The molecule has 3 nitrogen and oxygen atoms in total. The monoisotopic (exact) mass is 322 g/mol. The lowest BCUT2D eigenvalue weighted by Gasteiger charge is -2.32. The van der Waals surface area contributed by atoms with E-state index in [0.717, 1.165) is 11.7 Å². The Kier molecular flexibility index (Phi) is 4.28. The Labute approximate surface area is 144 Å². The second-order valence-corrected chi connectivity index (χ2v) is 7.11. The van der Waals surface area contributed by atoms with E-state index in [0.29, 0.717) is 5.88 Å². The number of fused-ring (bicyclic) bond motifs is 1. The Morgan fingerprint density at radius 3 is 2.67 bits per heavy atom. The molecule has 1 aliphatic heterocycles. The average Bonchev–Trinajstić information content (AvgIpc) is 3.15. The predicted octanol–water partition coefficient (Wildman–Crippen LogP) is 4.02. The van der Waals surface area contributed by atoms with E-state index in [1.165, 1.54) is 61.9 Å². The van der Waals surface area contributed by atoms with Gasteiger partial charge in [0.25, 0.3) is 0 Å². The molecule has 1 aromatic heterocycles. The molecule has 1 saturated heterocycles. The first-order valence-corrected chi connectivity index (χ1v) is 9.12. The maximum absolute atomic E-state index is 5.22. The van der Waals surface area contributed by atoms with Crippen LogP contribution in [0.25, 0.3) is 11.1 Å². The lowest BCUT2D eigenvalue weighted by molar-refractivity contribution is 0.222. The molecule has 4 rings (SSSR count). The van der Waals surface area contributed by atoms with Crippen molar-refractivity contribution >= 4 is 0 Å². The van der Waals surface area contributed by atoms with Crippen LogP contribution < -0.4 is 4.74 Å². The number of aromatic nitrogens is 1. The lowest BCUT2D eigenvalue weighted by Crippen LogP contribution is -2.37. The molecule has 1 fully saturated rings. The van der Waals surface area contributed by atoms with E-state index in [1.54, 1.807) is 12.7 Å².